The number of halogens is 1. The molecule has 0 aromatic heterocycles. The minimum Gasteiger partial charge on any atom is -0.363 e. The van der Waals surface area contributed by atoms with Crippen molar-refractivity contribution >= 4 is 22.6 Å². The molecule has 1 spiro atoms. The minimum atomic E-state index is -0.882. The lowest BCUT2D eigenvalue weighted by Gasteiger charge is -2.53. The normalized spacial score (nSPS) is 22.6. The van der Waals surface area contributed by atoms with E-state index in [-0.39, 0.29) is 11.6 Å². The summed E-state index contributed by atoms with van der Waals surface area (Å²) < 4.78 is 14.4. The molecule has 3 heteroatoms. The van der Waals surface area contributed by atoms with Crippen LogP contribution < -0.4 is 4.90 Å². The minimum absolute atomic E-state index is 0.0482. The zero-order valence-corrected chi connectivity index (χ0v) is 24.2. The van der Waals surface area contributed by atoms with Crippen molar-refractivity contribution in [3.8, 4) is 0 Å². The van der Waals surface area contributed by atoms with Crippen LogP contribution in [0, 0.1) is 11.7 Å². The molecule has 43 heavy (non-hydrogen) atoms. The van der Waals surface area contributed by atoms with Gasteiger partial charge in [-0.1, -0.05) is 121 Å². The number of benzene rings is 5. The van der Waals surface area contributed by atoms with Crippen molar-refractivity contribution < 1.29 is 9.18 Å². The predicted octanol–water partition coefficient (Wildman–Crippen LogP) is 9.00. The third-order valence-corrected chi connectivity index (χ3v) is 9.55. The van der Waals surface area contributed by atoms with Gasteiger partial charge in [-0.25, -0.2) is 4.39 Å². The molecular formula is C40H32FNO. The van der Waals surface area contributed by atoms with Crippen LogP contribution in [0.4, 0.5) is 10.1 Å². The molecule has 0 fully saturated rings. The van der Waals surface area contributed by atoms with E-state index in [0.717, 1.165) is 39.1 Å². The number of rotatable bonds is 5. The van der Waals surface area contributed by atoms with Gasteiger partial charge in [-0.3, -0.25) is 4.79 Å². The molecule has 1 heterocycles. The molecule has 2 nitrogen and oxygen atoms in total. The van der Waals surface area contributed by atoms with Gasteiger partial charge in [0.05, 0.1) is 11.5 Å². The first-order valence-electron chi connectivity index (χ1n) is 14.7. The second kappa shape index (κ2) is 10.4. The zero-order chi connectivity index (χ0) is 29.6. The molecule has 0 radical (unpaired) electrons. The third-order valence-electron chi connectivity index (χ3n) is 9.55. The summed E-state index contributed by atoms with van der Waals surface area (Å²) in [6.45, 7) is 2.22. The van der Waals surface area contributed by atoms with Crippen LogP contribution in [0.3, 0.4) is 0 Å². The largest absolute Gasteiger partial charge is 0.363 e. The van der Waals surface area contributed by atoms with E-state index in [0.29, 0.717) is 5.56 Å². The molecule has 2 aliphatic rings. The maximum atomic E-state index is 15.1. The van der Waals surface area contributed by atoms with Gasteiger partial charge in [-0.15, -0.1) is 0 Å². The van der Waals surface area contributed by atoms with Gasteiger partial charge >= 0.3 is 0 Å². The highest BCUT2D eigenvalue weighted by Crippen LogP contribution is 2.62. The summed E-state index contributed by atoms with van der Waals surface area (Å²) in [6, 6.07) is 45.4. The molecule has 3 atom stereocenters. The summed E-state index contributed by atoms with van der Waals surface area (Å²) in [5.74, 6) is -0.823. The highest BCUT2D eigenvalue weighted by Gasteiger charge is 2.64. The second-order valence-electron chi connectivity index (χ2n) is 11.6. The SMILES string of the molecule is CN1c2ccccc2[C@@](C)(c2ccc(F)cc2)[C@@]12C=C(c1ccccc1)C=C(c1ccccc1)[C@H]2C(=O)c1ccccc1. The van der Waals surface area contributed by atoms with E-state index >= 15 is 4.79 Å². The second-order valence-corrected chi connectivity index (χ2v) is 11.6. The molecule has 0 bridgehead atoms. The summed E-state index contributed by atoms with van der Waals surface area (Å²) >= 11 is 0. The standard InChI is InChI=1S/C40H32FNO/c1-39(32-22-24-33(41)25-23-32)35-20-12-13-21-36(35)42(2)40(39)27-31(28-14-6-3-7-15-28)26-34(29-16-8-4-9-17-29)37(40)38(43)30-18-10-5-11-19-30/h3-27,37H,1-2H3/t37-,39+,40-/m0/s1. The third kappa shape index (κ3) is 4.03. The van der Waals surface area contributed by atoms with Crippen LogP contribution in [0.2, 0.25) is 0 Å². The van der Waals surface area contributed by atoms with Gasteiger partial charge in [-0.2, -0.15) is 0 Å². The summed E-state index contributed by atoms with van der Waals surface area (Å²) in [7, 11) is 2.10. The summed E-state index contributed by atoms with van der Waals surface area (Å²) in [6.07, 6.45) is 4.51. The van der Waals surface area contributed by atoms with Crippen molar-refractivity contribution in [2.45, 2.75) is 17.9 Å². The Labute approximate surface area is 252 Å². The Morgan fingerprint density at radius 1 is 0.698 bits per heavy atom. The average Bonchev–Trinajstić information content (AvgIpc) is 3.25. The molecule has 0 saturated carbocycles. The summed E-state index contributed by atoms with van der Waals surface area (Å²) in [4.78, 5) is 17.4. The molecule has 0 amide bonds. The zero-order valence-electron chi connectivity index (χ0n) is 24.2. The maximum Gasteiger partial charge on any atom is 0.173 e. The molecule has 210 valence electrons. The number of para-hydroxylation sites is 1. The van der Waals surface area contributed by atoms with Crippen molar-refractivity contribution in [2.24, 2.45) is 5.92 Å². The molecule has 1 aliphatic carbocycles. The Morgan fingerprint density at radius 2 is 1.26 bits per heavy atom. The van der Waals surface area contributed by atoms with E-state index in [4.69, 9.17) is 0 Å². The Balaban J connectivity index is 1.62. The maximum absolute atomic E-state index is 15.1. The van der Waals surface area contributed by atoms with E-state index in [1.807, 2.05) is 84.9 Å². The van der Waals surface area contributed by atoms with Crippen LogP contribution in [-0.4, -0.2) is 18.4 Å². The van der Waals surface area contributed by atoms with E-state index in [2.05, 4.69) is 73.5 Å². The molecule has 5 aromatic rings. The van der Waals surface area contributed by atoms with E-state index in [1.54, 1.807) is 0 Å². The van der Waals surface area contributed by atoms with Gasteiger partial charge in [0.1, 0.15) is 5.82 Å². The van der Waals surface area contributed by atoms with Crippen LogP contribution in [0.5, 0.6) is 0 Å². The first kappa shape index (κ1) is 26.9. The van der Waals surface area contributed by atoms with E-state index < -0.39 is 16.9 Å². The molecular weight excluding hydrogens is 529 g/mol. The van der Waals surface area contributed by atoms with Gasteiger partial charge < -0.3 is 4.90 Å². The van der Waals surface area contributed by atoms with Gasteiger partial charge in [-0.05, 0) is 70.7 Å². The van der Waals surface area contributed by atoms with Gasteiger partial charge in [0.15, 0.2) is 5.78 Å². The lowest BCUT2D eigenvalue weighted by molar-refractivity contribution is 0.0892. The smallest absolute Gasteiger partial charge is 0.173 e. The number of hydrogen-bond acceptors (Lipinski definition) is 2. The van der Waals surface area contributed by atoms with Gasteiger partial charge in [0.2, 0.25) is 0 Å². The molecule has 5 aromatic carbocycles. The molecule has 0 saturated heterocycles. The fraction of sp³-hybridized carbons (Fsp3) is 0.125. The number of allylic oxidation sites excluding steroid dienone is 2. The highest BCUT2D eigenvalue weighted by atomic mass is 19.1. The fourth-order valence-corrected chi connectivity index (χ4v) is 7.47. The first-order valence-corrected chi connectivity index (χ1v) is 14.7. The number of fused-ring (bicyclic) bond motifs is 1. The average molecular weight is 562 g/mol. The van der Waals surface area contributed by atoms with Crippen LogP contribution in [-0.2, 0) is 5.41 Å². The highest BCUT2D eigenvalue weighted by molar-refractivity contribution is 6.10. The van der Waals surface area contributed by atoms with Crippen molar-refractivity contribution in [2.75, 3.05) is 11.9 Å². The monoisotopic (exact) mass is 561 g/mol. The number of ketones is 1. The van der Waals surface area contributed by atoms with Crippen LogP contribution >= 0.6 is 0 Å². The lowest BCUT2D eigenvalue weighted by Crippen LogP contribution is -2.62. The number of nitrogens with zero attached hydrogens (tertiary/aromatic N) is 1. The van der Waals surface area contributed by atoms with E-state index in [9.17, 15) is 4.39 Å². The van der Waals surface area contributed by atoms with Crippen molar-refractivity contribution in [1.82, 2.24) is 0 Å². The van der Waals surface area contributed by atoms with Crippen molar-refractivity contribution in [3.05, 3.63) is 185 Å². The number of anilines is 1. The molecule has 0 N–H and O–H groups in total. The van der Waals surface area contributed by atoms with Crippen molar-refractivity contribution in [1.29, 1.82) is 0 Å². The Hall–Kier alpha value is -5.02. The van der Waals surface area contributed by atoms with Gasteiger partial charge in [0, 0.05) is 23.7 Å². The van der Waals surface area contributed by atoms with Gasteiger partial charge in [0.25, 0.3) is 0 Å². The predicted molar refractivity (Wildman–Crippen MR) is 174 cm³/mol. The number of carbonyl (C=O) groups excluding carboxylic acids is 1. The Kier molecular flexibility index (Phi) is 6.47. The van der Waals surface area contributed by atoms with E-state index in [1.165, 1.54) is 12.1 Å². The summed E-state index contributed by atoms with van der Waals surface area (Å²) in [5.41, 5.74) is 6.25. The molecule has 1 aliphatic heterocycles. The number of likely N-dealkylation sites (N-methyl/N-ethyl adjacent to an activating group) is 1. The number of hydrogen-bond donors (Lipinski definition) is 0. The Morgan fingerprint density at radius 3 is 1.91 bits per heavy atom. The quantitative estimate of drug-likeness (QED) is 0.200. The Bertz CT molecular complexity index is 1860. The first-order chi connectivity index (χ1) is 20.9. The fourth-order valence-electron chi connectivity index (χ4n) is 7.47. The topological polar surface area (TPSA) is 20.3 Å². The van der Waals surface area contributed by atoms with Crippen LogP contribution in [0.25, 0.3) is 11.1 Å². The van der Waals surface area contributed by atoms with Crippen LogP contribution in [0.15, 0.2) is 152 Å². The number of Topliss-reactive ketones (excluding diaryl/α,β-unsaturated/α-hetero) is 1. The molecule has 0 unspecified atom stereocenters. The lowest BCUT2D eigenvalue weighted by atomic mass is 9.54. The van der Waals surface area contributed by atoms with Crippen LogP contribution in [0.1, 0.15) is 39.5 Å². The number of carbonyl (C=O) groups is 1. The molecule has 7 rings (SSSR count). The van der Waals surface area contributed by atoms with Crippen molar-refractivity contribution in [3.63, 3.8) is 0 Å². The summed E-state index contributed by atoms with van der Waals surface area (Å²) in [5, 5.41) is 0.